The van der Waals surface area contributed by atoms with Crippen molar-refractivity contribution in [3.63, 3.8) is 0 Å². The SMILES string of the molecule is O=S(=O)(Cl)c1ccc(NS(=O)(=O)C(F)F)c(Cl)c1. The summed E-state index contributed by atoms with van der Waals surface area (Å²) in [7, 11) is -3.89. The molecule has 0 fully saturated rings. The van der Waals surface area contributed by atoms with Gasteiger partial charge in [-0.2, -0.15) is 8.78 Å². The molecule has 0 atom stereocenters. The molecule has 0 unspecified atom stereocenters. The van der Waals surface area contributed by atoms with Crippen molar-refractivity contribution in [3.05, 3.63) is 23.2 Å². The van der Waals surface area contributed by atoms with Crippen molar-refractivity contribution >= 4 is 47.0 Å². The number of benzene rings is 1. The molecule has 0 heterocycles. The van der Waals surface area contributed by atoms with E-state index < -0.39 is 24.8 Å². The van der Waals surface area contributed by atoms with Gasteiger partial charge in [-0.05, 0) is 18.2 Å². The van der Waals surface area contributed by atoms with Gasteiger partial charge in [0.1, 0.15) is 0 Å². The largest absolute Gasteiger partial charge is 0.355 e. The second kappa shape index (κ2) is 5.16. The summed E-state index contributed by atoms with van der Waals surface area (Å²) in [6, 6.07) is 2.68. The van der Waals surface area contributed by atoms with Crippen LogP contribution in [-0.2, 0) is 19.1 Å². The topological polar surface area (TPSA) is 80.3 Å². The van der Waals surface area contributed by atoms with Crippen LogP contribution < -0.4 is 4.72 Å². The highest BCUT2D eigenvalue weighted by Gasteiger charge is 2.25. The lowest BCUT2D eigenvalue weighted by Gasteiger charge is -2.09. The van der Waals surface area contributed by atoms with E-state index in [-0.39, 0.29) is 15.6 Å². The van der Waals surface area contributed by atoms with Crippen molar-refractivity contribution in [2.45, 2.75) is 10.7 Å². The molecule has 0 spiro atoms. The standard InChI is InChI=1S/C7H5Cl2F2NO4S2/c8-5-3-4(17(9,13)14)1-2-6(5)12-18(15,16)7(10)11/h1-3,7,12H. The van der Waals surface area contributed by atoms with E-state index in [2.05, 4.69) is 0 Å². The van der Waals surface area contributed by atoms with Crippen molar-refractivity contribution in [1.29, 1.82) is 0 Å². The number of sulfonamides is 1. The van der Waals surface area contributed by atoms with E-state index in [4.69, 9.17) is 22.3 Å². The third-order valence-electron chi connectivity index (χ3n) is 1.71. The van der Waals surface area contributed by atoms with E-state index in [1.54, 1.807) is 0 Å². The molecule has 0 bridgehead atoms. The van der Waals surface area contributed by atoms with Gasteiger partial charge in [-0.25, -0.2) is 16.8 Å². The van der Waals surface area contributed by atoms with Gasteiger partial charge in [-0.15, -0.1) is 0 Å². The number of alkyl halides is 2. The van der Waals surface area contributed by atoms with E-state index in [1.807, 2.05) is 0 Å². The highest BCUT2D eigenvalue weighted by atomic mass is 35.7. The smallest absolute Gasteiger partial charge is 0.277 e. The van der Waals surface area contributed by atoms with Gasteiger partial charge in [-0.1, -0.05) is 11.6 Å². The number of anilines is 1. The van der Waals surface area contributed by atoms with Crippen LogP contribution in [0.2, 0.25) is 5.02 Å². The first-order chi connectivity index (χ1) is 8.04. The zero-order valence-electron chi connectivity index (χ0n) is 8.27. The van der Waals surface area contributed by atoms with Crippen LogP contribution in [0, 0.1) is 0 Å². The number of halogens is 4. The molecule has 1 rings (SSSR count). The Hall–Kier alpha value is -0.640. The van der Waals surface area contributed by atoms with Gasteiger partial charge in [0.05, 0.1) is 15.6 Å². The van der Waals surface area contributed by atoms with Gasteiger partial charge < -0.3 is 0 Å². The van der Waals surface area contributed by atoms with Crippen molar-refractivity contribution in [3.8, 4) is 0 Å². The monoisotopic (exact) mass is 339 g/mol. The van der Waals surface area contributed by atoms with Gasteiger partial charge >= 0.3 is 5.76 Å². The van der Waals surface area contributed by atoms with Crippen molar-refractivity contribution < 1.29 is 25.6 Å². The minimum atomic E-state index is -4.87. The summed E-state index contributed by atoms with van der Waals surface area (Å²) in [5.41, 5.74) is -0.374. The van der Waals surface area contributed by atoms with Crippen LogP contribution in [0.25, 0.3) is 0 Å². The lowest BCUT2D eigenvalue weighted by Crippen LogP contribution is -2.20. The van der Waals surface area contributed by atoms with Crippen LogP contribution in [0.3, 0.4) is 0 Å². The average Bonchev–Trinajstić information content (AvgIpc) is 2.19. The van der Waals surface area contributed by atoms with Crippen LogP contribution in [0.1, 0.15) is 0 Å². The van der Waals surface area contributed by atoms with Gasteiger partial charge in [0.15, 0.2) is 0 Å². The molecule has 1 aromatic carbocycles. The lowest BCUT2D eigenvalue weighted by molar-refractivity contribution is 0.236. The zero-order valence-corrected chi connectivity index (χ0v) is 11.4. The molecule has 1 N–H and O–H groups in total. The first-order valence-electron chi connectivity index (χ1n) is 4.08. The predicted octanol–water partition coefficient (Wildman–Crippen LogP) is 2.23. The van der Waals surface area contributed by atoms with Crippen LogP contribution in [-0.4, -0.2) is 22.6 Å². The summed E-state index contributed by atoms with van der Waals surface area (Å²) in [6.45, 7) is 0. The quantitative estimate of drug-likeness (QED) is 0.853. The van der Waals surface area contributed by atoms with E-state index in [9.17, 15) is 25.6 Å². The summed E-state index contributed by atoms with van der Waals surface area (Å²) in [6.07, 6.45) is 0. The molecular weight excluding hydrogens is 335 g/mol. The normalized spacial score (nSPS) is 12.7. The predicted molar refractivity (Wildman–Crippen MR) is 63.0 cm³/mol. The Kier molecular flexibility index (Phi) is 4.42. The molecule has 0 aliphatic heterocycles. The molecule has 5 nitrogen and oxygen atoms in total. The number of hydrogen-bond donors (Lipinski definition) is 1. The Morgan fingerprint density at radius 3 is 2.11 bits per heavy atom. The molecule has 1 aromatic rings. The summed E-state index contributed by atoms with van der Waals surface area (Å²) >= 11 is 5.55. The van der Waals surface area contributed by atoms with E-state index in [0.717, 1.165) is 18.2 Å². The summed E-state index contributed by atoms with van der Waals surface area (Å²) in [4.78, 5) is -0.380. The first-order valence-corrected chi connectivity index (χ1v) is 8.31. The maximum atomic E-state index is 12.1. The molecule has 11 heteroatoms. The van der Waals surface area contributed by atoms with E-state index in [1.165, 1.54) is 4.72 Å². The highest BCUT2D eigenvalue weighted by molar-refractivity contribution is 8.13. The maximum Gasteiger partial charge on any atom is 0.355 e. The van der Waals surface area contributed by atoms with Crippen molar-refractivity contribution in [1.82, 2.24) is 0 Å². The summed E-state index contributed by atoms with van der Waals surface area (Å²) in [5, 5.41) is -0.374. The molecule has 102 valence electrons. The molecule has 0 radical (unpaired) electrons. The van der Waals surface area contributed by atoms with Gasteiger partial charge in [-0.3, -0.25) is 4.72 Å². The molecule has 0 saturated heterocycles. The molecular formula is C7H5Cl2F2NO4S2. The van der Waals surface area contributed by atoms with Gasteiger partial charge in [0.2, 0.25) is 0 Å². The number of rotatable bonds is 4. The fraction of sp³-hybridized carbons (Fsp3) is 0.143. The summed E-state index contributed by atoms with van der Waals surface area (Å²) < 4.78 is 69.3. The molecule has 0 aromatic heterocycles. The zero-order chi connectivity index (χ0) is 14.1. The molecule has 0 aliphatic rings. The first kappa shape index (κ1) is 15.4. The van der Waals surface area contributed by atoms with Crippen molar-refractivity contribution in [2.24, 2.45) is 0 Å². The number of nitrogens with one attached hydrogen (secondary N) is 1. The molecule has 18 heavy (non-hydrogen) atoms. The van der Waals surface area contributed by atoms with Gasteiger partial charge in [0.25, 0.3) is 19.1 Å². The second-order valence-corrected chi connectivity index (χ2v) is 7.61. The lowest BCUT2D eigenvalue weighted by atomic mass is 10.3. The van der Waals surface area contributed by atoms with Crippen LogP contribution in [0.5, 0.6) is 0 Å². The van der Waals surface area contributed by atoms with E-state index >= 15 is 0 Å². The third kappa shape index (κ3) is 3.67. The average molecular weight is 340 g/mol. The summed E-state index contributed by atoms with van der Waals surface area (Å²) in [5.74, 6) is -3.63. The van der Waals surface area contributed by atoms with Crippen molar-refractivity contribution in [2.75, 3.05) is 4.72 Å². The Balaban J connectivity index is 3.16. The van der Waals surface area contributed by atoms with E-state index in [0.29, 0.717) is 0 Å². The highest BCUT2D eigenvalue weighted by Crippen LogP contribution is 2.28. The fourth-order valence-electron chi connectivity index (χ4n) is 0.928. The van der Waals surface area contributed by atoms with Crippen LogP contribution >= 0.6 is 22.3 Å². The maximum absolute atomic E-state index is 12.1. The Morgan fingerprint density at radius 1 is 1.17 bits per heavy atom. The minimum absolute atomic E-state index is 0.374. The van der Waals surface area contributed by atoms with Gasteiger partial charge in [0, 0.05) is 10.7 Å². The molecule has 0 aliphatic carbocycles. The Bertz CT molecular complexity index is 660. The van der Waals surface area contributed by atoms with Crippen LogP contribution in [0.15, 0.2) is 23.1 Å². The molecule has 0 amide bonds. The minimum Gasteiger partial charge on any atom is -0.277 e. The van der Waals surface area contributed by atoms with Crippen LogP contribution in [0.4, 0.5) is 14.5 Å². The second-order valence-electron chi connectivity index (χ2n) is 2.99. The number of hydrogen-bond acceptors (Lipinski definition) is 4. The Morgan fingerprint density at radius 2 is 1.72 bits per heavy atom. The molecule has 0 saturated carbocycles. The third-order valence-corrected chi connectivity index (χ3v) is 4.35. The fourth-order valence-corrected chi connectivity index (χ4v) is 2.63. The Labute approximate surface area is 111 Å².